The molecule has 6 aromatic rings. The number of hydrogen-bond donors (Lipinski definition) is 14. The first-order chi connectivity index (χ1) is 70.6. The van der Waals surface area contributed by atoms with Crippen LogP contribution in [-0.4, -0.2) is 343 Å². The van der Waals surface area contributed by atoms with Crippen molar-refractivity contribution < 1.29 is 160 Å². The van der Waals surface area contributed by atoms with Crippen LogP contribution in [0.15, 0.2) is 96.2 Å². The summed E-state index contributed by atoms with van der Waals surface area (Å²) in [6.07, 6.45) is 0.423. The van der Waals surface area contributed by atoms with Gasteiger partial charge >= 0.3 is 36.0 Å². The van der Waals surface area contributed by atoms with Gasteiger partial charge in [-0.25, -0.2) is 14.6 Å². The average Bonchev–Trinajstić information content (AvgIpc) is 1.59. The number of likely N-dealkylation sites (N-methyl/N-ethyl adjacent to an activating group) is 2. The van der Waals surface area contributed by atoms with E-state index in [1.807, 2.05) is 76.2 Å². The van der Waals surface area contributed by atoms with E-state index >= 15 is 0 Å². The number of nitrogens with zero attached hydrogens (tertiary/aromatic N) is 4. The molecule has 15 N–H and O–H groups in total. The normalized spacial score (nSPS) is 14.0. The number of carbonyl (C=O) groups excluding carboxylic acids is 11. The van der Waals surface area contributed by atoms with E-state index in [2.05, 4.69) is 36.6 Å². The Morgan fingerprint density at radius 1 is 0.571 bits per heavy atom. The topological polar surface area (TPSA) is 600 Å². The van der Waals surface area contributed by atoms with E-state index in [4.69, 9.17) is 109 Å². The van der Waals surface area contributed by atoms with Gasteiger partial charge in [-0.3, -0.25) is 47.9 Å². The fraction of sp³-hybridized carbons (Fsp3) is 0.590. The van der Waals surface area contributed by atoms with Crippen molar-refractivity contribution in [3.8, 4) is 11.5 Å². The molecular weight excluding hydrogens is 1980 g/mol. The molecule has 8 unspecified atom stereocenters. The Labute approximate surface area is 870 Å². The minimum absolute atomic E-state index is 0.00948. The first-order valence-corrected chi connectivity index (χ1v) is 51.3. The Kier molecular flexibility index (Phi) is 63.3. The molecular formula is C100H150ClN11O33S2. The van der Waals surface area contributed by atoms with Crippen molar-refractivity contribution in [2.45, 2.75) is 230 Å². The van der Waals surface area contributed by atoms with Crippen molar-refractivity contribution in [2.75, 3.05) is 164 Å². The van der Waals surface area contributed by atoms with Gasteiger partial charge < -0.3 is 154 Å². The molecule has 47 heteroatoms. The highest BCUT2D eigenvalue weighted by molar-refractivity contribution is 8.76. The number of aromatic nitrogens is 2. The van der Waals surface area contributed by atoms with E-state index in [0.717, 1.165) is 27.1 Å². The summed E-state index contributed by atoms with van der Waals surface area (Å²) in [7, 11) is 15.0. The fourth-order valence-electron chi connectivity index (χ4n) is 14.2. The van der Waals surface area contributed by atoms with Gasteiger partial charge in [0.15, 0.2) is 36.7 Å². The molecule has 0 bridgehead atoms. The minimum atomic E-state index is -1.12. The first kappa shape index (κ1) is 128. The average molecular weight is 2130 g/mol. The van der Waals surface area contributed by atoms with Crippen molar-refractivity contribution in [3.63, 3.8) is 0 Å². The van der Waals surface area contributed by atoms with Gasteiger partial charge in [0.25, 0.3) is 5.91 Å². The highest BCUT2D eigenvalue weighted by Crippen LogP contribution is 2.45. The number of halogens is 1. The number of carboxylic acids is 1. The quantitative estimate of drug-likeness (QED) is 0.00426. The Bertz CT molecular complexity index is 4930. The molecule has 11 atom stereocenters. The molecule has 2 aromatic heterocycles. The van der Waals surface area contributed by atoms with E-state index in [0.29, 0.717) is 95.7 Å². The van der Waals surface area contributed by atoms with Crippen LogP contribution in [0.3, 0.4) is 0 Å². The van der Waals surface area contributed by atoms with Gasteiger partial charge in [-0.15, -0.1) is 11.6 Å². The number of amides is 9. The number of aliphatic hydroxyl groups excluding tert-OH is 6. The molecule has 0 radical (unpaired) electrons. The number of fused-ring (bicyclic) bond motifs is 4. The molecule has 1 aliphatic rings. The van der Waals surface area contributed by atoms with Crippen LogP contribution < -0.4 is 46.7 Å². The number of pyridine rings is 1. The van der Waals surface area contributed by atoms with Crippen LogP contribution in [0.25, 0.3) is 21.7 Å². The standard InChI is InChI=1S/C62H82ClN9O16.C19H30N2O6S2.C12H22O7.C7H16O4/c1-9-43(33-74)88-52(83-6)35-86-51(77)18-12-17-49(75)69-54(36(2)3)59(79)68-46(16-13-23-65-61(64)81)58(78)66-42-21-19-37(20-22-42)34-87-62(82)71(5)25-24-70(4)50(76)29-38-28-48-53(45-15-11-10-14-44(38)45)41(30-63)31-72(48)60(80)47-27-39-26-40(32-73)56(84-7)57(85-8)55(39)67-47;1-3-15(13-22)27-19(25-2)14-26-18(24)9-6-7-16(23)20-11-12-28-29-17-8-4-5-10-21-17;1-3-9(7-13)19-12(17-2)8-18-11(16)6-4-5-10(14)15;1-3-6(4-8)11-7(5-9)10-2/h10-11,14-15,19-22,26-28,36,41,43,46,52,54,67,73-74H,9,12-13,16-18,23-25,29-35H2,1-8H3,(H,66,78)(H,68,79)(H,69,75)(H3,64,65,81);4-5,8,10,15,19,22H,3,6-7,9,11-14H2,1-2H3,(H,20,23);9,12-13H,3-8H2,1-2H3,(H,14,15);6-9H,3-5H2,1-2H3/t41-,43?,46+,52?,54+;;;/m0.../s1. The van der Waals surface area contributed by atoms with Crippen LogP contribution in [0.1, 0.15) is 177 Å². The summed E-state index contributed by atoms with van der Waals surface area (Å²) >= 11 is 6.59. The van der Waals surface area contributed by atoms with E-state index < -0.39 is 103 Å². The predicted octanol–water partition coefficient (Wildman–Crippen LogP) is 8.26. The number of methoxy groups -OCH3 is 6. The van der Waals surface area contributed by atoms with E-state index in [1.165, 1.54) is 52.5 Å². The molecule has 1 aliphatic heterocycles. The lowest BCUT2D eigenvalue weighted by Gasteiger charge is -2.25. The number of aliphatic carboxylic acids is 1. The van der Waals surface area contributed by atoms with Gasteiger partial charge in [-0.1, -0.05) is 94.8 Å². The third-order valence-corrected chi connectivity index (χ3v) is 25.3. The number of anilines is 2. The fourth-order valence-corrected chi connectivity index (χ4v) is 16.2. The summed E-state index contributed by atoms with van der Waals surface area (Å²) in [5, 5.41) is 80.1. The maximum Gasteiger partial charge on any atom is 0.409 e. The highest BCUT2D eigenvalue weighted by atomic mass is 35.5. The van der Waals surface area contributed by atoms with Crippen LogP contribution in [0.4, 0.5) is 21.0 Å². The lowest BCUT2D eigenvalue weighted by atomic mass is 9.92. The van der Waals surface area contributed by atoms with Crippen LogP contribution in [-0.2, 0) is 120 Å². The number of hydrogen-bond acceptors (Lipinski definition) is 35. The third-order valence-electron chi connectivity index (χ3n) is 22.7. The number of nitrogens with one attached hydrogen (secondary N) is 6. The number of alkyl halides is 1. The lowest BCUT2D eigenvalue weighted by molar-refractivity contribution is -0.194. The number of esters is 3. The highest BCUT2D eigenvalue weighted by Gasteiger charge is 2.37. The SMILES string of the molecule is CCC(CO)OC(CO)OC.CCC(CO)OC(COC(=O)CCCC(=O)NCCSSc1ccccn1)OC.CCC(CO)OC(COC(=O)CCCC(=O)N[C@@H](C(=O)N[C@H](CCCNC(N)=O)C(=O)Nc1ccc(COC(=O)N(C)CCN(C)C(=O)Cc2cc3c(c4ccccc24)[C@@H](CCl)CN3C(=O)c2cc3cc(CO)c(OC)c(OC)c3[nH]2)cc1)C(C)C)OC.CCC(CO)OC(COC(=O)CCCC(=O)O)OC. The number of aliphatic hydroxyl groups is 6. The summed E-state index contributed by atoms with van der Waals surface area (Å²) < 4.78 is 73.5. The number of carbonyl (C=O) groups is 12. The number of rotatable bonds is 66. The number of ether oxygens (including phenoxy) is 14. The molecule has 7 rings (SSSR count). The molecule has 44 nitrogen and oxygen atoms in total. The Hall–Kier alpha value is -10.9. The summed E-state index contributed by atoms with van der Waals surface area (Å²) in [4.78, 5) is 163. The number of urea groups is 1. The van der Waals surface area contributed by atoms with Gasteiger partial charge in [0.05, 0.1) is 90.2 Å². The summed E-state index contributed by atoms with van der Waals surface area (Å²) in [5.41, 5.74) is 9.73. The Morgan fingerprint density at radius 3 is 1.58 bits per heavy atom. The van der Waals surface area contributed by atoms with Crippen LogP contribution in [0.2, 0.25) is 0 Å². The molecule has 4 aromatic carbocycles. The van der Waals surface area contributed by atoms with Crippen molar-refractivity contribution in [1.29, 1.82) is 0 Å². The van der Waals surface area contributed by atoms with Gasteiger partial charge in [0.2, 0.25) is 29.5 Å². The molecule has 3 heterocycles. The minimum Gasteiger partial charge on any atom is -0.492 e. The van der Waals surface area contributed by atoms with Gasteiger partial charge in [-0.2, -0.15) is 0 Å². The molecule has 0 saturated heterocycles. The molecule has 0 aliphatic carbocycles. The molecule has 0 fully saturated rings. The van der Waals surface area contributed by atoms with E-state index in [1.54, 1.807) is 97.0 Å². The van der Waals surface area contributed by atoms with Crippen molar-refractivity contribution in [1.82, 2.24) is 41.0 Å². The van der Waals surface area contributed by atoms with Gasteiger partial charge in [0, 0.05) is 160 Å². The summed E-state index contributed by atoms with van der Waals surface area (Å²) in [6, 6.07) is 22.3. The van der Waals surface area contributed by atoms with Crippen LogP contribution >= 0.6 is 33.2 Å². The van der Waals surface area contributed by atoms with Crippen LogP contribution in [0, 0.1) is 5.92 Å². The monoisotopic (exact) mass is 2130 g/mol. The second-order valence-corrected chi connectivity index (χ2v) is 36.5. The third kappa shape index (κ3) is 46.8. The largest absolute Gasteiger partial charge is 0.492 e. The number of nitrogens with two attached hydrogens (primary N) is 1. The molecule has 9 amide bonds. The first-order valence-electron chi connectivity index (χ1n) is 48.5. The zero-order valence-corrected chi connectivity index (χ0v) is 88.6. The molecule has 822 valence electrons. The molecule has 0 spiro atoms. The van der Waals surface area contributed by atoms with Gasteiger partial charge in [-0.05, 0) is 144 Å². The van der Waals surface area contributed by atoms with Crippen molar-refractivity contribution in [2.24, 2.45) is 11.7 Å². The van der Waals surface area contributed by atoms with E-state index in [-0.39, 0.29) is 210 Å². The summed E-state index contributed by atoms with van der Waals surface area (Å²) in [6.45, 7) is 10.7. The second kappa shape index (κ2) is 72.5. The van der Waals surface area contributed by atoms with Crippen molar-refractivity contribution >= 4 is 138 Å². The van der Waals surface area contributed by atoms with E-state index in [9.17, 15) is 67.7 Å². The maximum atomic E-state index is 14.5. The number of carboxylic acid groups (broad SMARTS) is 1. The molecule has 147 heavy (non-hydrogen) atoms. The maximum absolute atomic E-state index is 14.5. The summed E-state index contributed by atoms with van der Waals surface area (Å²) in [5.74, 6) is -3.71. The van der Waals surface area contributed by atoms with Crippen LogP contribution in [0.5, 0.6) is 11.5 Å². The smallest absolute Gasteiger partial charge is 0.409 e. The molecule has 0 saturated carbocycles. The number of primary amides is 1. The Balaban J connectivity index is 0.000000611. The Morgan fingerprint density at radius 2 is 1.10 bits per heavy atom. The predicted molar refractivity (Wildman–Crippen MR) is 548 cm³/mol. The number of H-pyrrole nitrogens is 1. The second-order valence-electron chi connectivity index (χ2n) is 33.8. The van der Waals surface area contributed by atoms with Crippen molar-refractivity contribution in [3.05, 3.63) is 119 Å². The lowest BCUT2D eigenvalue weighted by Crippen LogP contribution is -2.54. The zero-order valence-electron chi connectivity index (χ0n) is 86.2. The van der Waals surface area contributed by atoms with Gasteiger partial charge in [0.1, 0.15) is 49.2 Å². The number of benzene rings is 4. The number of aromatic amines is 1. The zero-order chi connectivity index (χ0) is 109.